The number of amides is 1. The molecule has 0 heterocycles. The van der Waals surface area contributed by atoms with Gasteiger partial charge in [0.15, 0.2) is 11.5 Å². The largest absolute Gasteiger partial charge is 0.504 e. The summed E-state index contributed by atoms with van der Waals surface area (Å²) in [6.07, 6.45) is 0. The summed E-state index contributed by atoms with van der Waals surface area (Å²) in [7, 11) is 0. The zero-order valence-corrected chi connectivity index (χ0v) is 10.8. The van der Waals surface area contributed by atoms with Crippen LogP contribution in [-0.4, -0.2) is 21.2 Å². The van der Waals surface area contributed by atoms with Gasteiger partial charge in [-0.25, -0.2) is 4.39 Å². The van der Waals surface area contributed by atoms with E-state index in [2.05, 4.69) is 5.32 Å². The van der Waals surface area contributed by atoms with E-state index < -0.39 is 29.0 Å². The van der Waals surface area contributed by atoms with Crippen molar-refractivity contribution in [1.82, 2.24) is 0 Å². The van der Waals surface area contributed by atoms with Crippen LogP contribution in [0.5, 0.6) is 17.2 Å². The number of primary amides is 1. The molecule has 7 heteroatoms. The minimum Gasteiger partial charge on any atom is -0.504 e. The first-order valence-electron chi connectivity index (χ1n) is 5.96. The molecule has 0 fully saturated rings. The van der Waals surface area contributed by atoms with Crippen LogP contribution >= 0.6 is 0 Å². The van der Waals surface area contributed by atoms with Crippen molar-refractivity contribution in [2.45, 2.75) is 6.54 Å². The van der Waals surface area contributed by atoms with E-state index in [0.29, 0.717) is 0 Å². The van der Waals surface area contributed by atoms with E-state index >= 15 is 0 Å². The zero-order valence-electron chi connectivity index (χ0n) is 10.8. The van der Waals surface area contributed by atoms with Crippen molar-refractivity contribution in [2.24, 2.45) is 5.73 Å². The first kappa shape index (κ1) is 14.4. The Hall–Kier alpha value is -2.96. The standard InChI is InChI=1S/C14H13FN2O4/c15-9-3-1-7(14(16)21)5-10(9)17-6-8-2-4-11(18)13(20)12(8)19/h1-5,17-20H,6H2,(H2,16,21). The summed E-state index contributed by atoms with van der Waals surface area (Å²) in [5, 5.41) is 30.9. The van der Waals surface area contributed by atoms with Crippen molar-refractivity contribution in [3.63, 3.8) is 0 Å². The van der Waals surface area contributed by atoms with E-state index in [1.54, 1.807) is 0 Å². The molecule has 0 saturated heterocycles. The highest BCUT2D eigenvalue weighted by atomic mass is 19.1. The summed E-state index contributed by atoms with van der Waals surface area (Å²) in [5.41, 5.74) is 5.52. The summed E-state index contributed by atoms with van der Waals surface area (Å²) in [6, 6.07) is 6.16. The van der Waals surface area contributed by atoms with E-state index in [0.717, 1.165) is 6.07 Å². The van der Waals surface area contributed by atoms with Crippen molar-refractivity contribution in [1.29, 1.82) is 0 Å². The third-order valence-electron chi connectivity index (χ3n) is 2.93. The lowest BCUT2D eigenvalue weighted by atomic mass is 10.1. The summed E-state index contributed by atoms with van der Waals surface area (Å²) < 4.78 is 13.6. The van der Waals surface area contributed by atoms with Gasteiger partial charge in [0, 0.05) is 17.7 Å². The highest BCUT2D eigenvalue weighted by Gasteiger charge is 2.12. The van der Waals surface area contributed by atoms with E-state index in [1.165, 1.54) is 24.3 Å². The monoisotopic (exact) mass is 292 g/mol. The predicted molar refractivity (Wildman–Crippen MR) is 73.7 cm³/mol. The number of aromatic hydroxyl groups is 3. The number of carbonyl (C=O) groups excluding carboxylic acids is 1. The average Bonchev–Trinajstić information content (AvgIpc) is 2.45. The van der Waals surface area contributed by atoms with Gasteiger partial charge >= 0.3 is 0 Å². The van der Waals surface area contributed by atoms with E-state index in [-0.39, 0.29) is 23.4 Å². The molecule has 0 spiro atoms. The lowest BCUT2D eigenvalue weighted by Crippen LogP contribution is -2.12. The predicted octanol–water partition coefficient (Wildman–Crippen LogP) is 1.65. The second-order valence-electron chi connectivity index (χ2n) is 4.35. The van der Waals surface area contributed by atoms with Gasteiger partial charge in [-0.05, 0) is 30.3 Å². The number of phenols is 3. The average molecular weight is 292 g/mol. The Morgan fingerprint density at radius 3 is 2.52 bits per heavy atom. The van der Waals surface area contributed by atoms with Crippen molar-refractivity contribution in [3.05, 3.63) is 47.3 Å². The number of hydrogen-bond donors (Lipinski definition) is 5. The number of benzene rings is 2. The number of phenolic OH excluding ortho intramolecular Hbond substituents is 3. The molecule has 2 aromatic carbocycles. The summed E-state index contributed by atoms with van der Waals surface area (Å²) >= 11 is 0. The Kier molecular flexibility index (Phi) is 3.84. The molecule has 110 valence electrons. The van der Waals surface area contributed by atoms with Gasteiger partial charge in [-0.2, -0.15) is 0 Å². The lowest BCUT2D eigenvalue weighted by molar-refractivity contribution is 0.100. The topological polar surface area (TPSA) is 116 Å². The Morgan fingerprint density at radius 1 is 1.14 bits per heavy atom. The maximum Gasteiger partial charge on any atom is 0.248 e. The van der Waals surface area contributed by atoms with E-state index in [4.69, 9.17) is 5.73 Å². The lowest BCUT2D eigenvalue weighted by Gasteiger charge is -2.11. The van der Waals surface area contributed by atoms with Gasteiger partial charge in [0.2, 0.25) is 11.7 Å². The molecule has 0 aromatic heterocycles. The van der Waals surface area contributed by atoms with Crippen LogP contribution in [0.3, 0.4) is 0 Å². The highest BCUT2D eigenvalue weighted by Crippen LogP contribution is 2.37. The third-order valence-corrected chi connectivity index (χ3v) is 2.93. The quantitative estimate of drug-likeness (QED) is 0.549. The number of nitrogens with one attached hydrogen (secondary N) is 1. The highest BCUT2D eigenvalue weighted by molar-refractivity contribution is 5.93. The number of hydrogen-bond acceptors (Lipinski definition) is 5. The summed E-state index contributed by atoms with van der Waals surface area (Å²) in [4.78, 5) is 11.0. The normalized spacial score (nSPS) is 10.3. The molecule has 0 atom stereocenters. The molecule has 0 aliphatic carbocycles. The van der Waals surface area contributed by atoms with Crippen LogP contribution in [0.4, 0.5) is 10.1 Å². The number of halogens is 1. The van der Waals surface area contributed by atoms with Crippen LogP contribution < -0.4 is 11.1 Å². The minimum absolute atomic E-state index is 0.0262. The van der Waals surface area contributed by atoms with Gasteiger partial charge in [-0.3, -0.25) is 4.79 Å². The molecule has 0 unspecified atom stereocenters. The fraction of sp³-hybridized carbons (Fsp3) is 0.0714. The molecule has 6 N–H and O–H groups in total. The van der Waals surface area contributed by atoms with Crippen LogP contribution in [-0.2, 0) is 6.54 Å². The molecule has 0 aliphatic heterocycles. The number of nitrogens with two attached hydrogens (primary N) is 1. The Balaban J connectivity index is 2.22. The van der Waals surface area contributed by atoms with E-state index in [9.17, 15) is 24.5 Å². The molecule has 2 aromatic rings. The fourth-order valence-corrected chi connectivity index (χ4v) is 1.76. The Morgan fingerprint density at radius 2 is 1.86 bits per heavy atom. The summed E-state index contributed by atoms with van der Waals surface area (Å²) in [5.74, 6) is -2.90. The second kappa shape index (κ2) is 5.58. The maximum atomic E-state index is 13.6. The molecule has 0 saturated carbocycles. The van der Waals surface area contributed by atoms with Gasteiger partial charge in [0.05, 0.1) is 5.69 Å². The smallest absolute Gasteiger partial charge is 0.248 e. The molecule has 21 heavy (non-hydrogen) atoms. The number of anilines is 1. The molecule has 1 amide bonds. The van der Waals surface area contributed by atoms with Crippen LogP contribution in [0.15, 0.2) is 30.3 Å². The van der Waals surface area contributed by atoms with Gasteiger partial charge in [-0.15, -0.1) is 0 Å². The van der Waals surface area contributed by atoms with Crippen molar-refractivity contribution in [2.75, 3.05) is 5.32 Å². The SMILES string of the molecule is NC(=O)c1ccc(F)c(NCc2ccc(O)c(O)c2O)c1. The van der Waals surface area contributed by atoms with Gasteiger partial charge in [0.25, 0.3) is 0 Å². The molecular formula is C14H13FN2O4. The molecule has 6 nitrogen and oxygen atoms in total. The Labute approximate surface area is 119 Å². The maximum absolute atomic E-state index is 13.6. The third kappa shape index (κ3) is 2.97. The van der Waals surface area contributed by atoms with Crippen molar-refractivity contribution >= 4 is 11.6 Å². The van der Waals surface area contributed by atoms with Gasteiger partial charge in [-0.1, -0.05) is 0 Å². The number of rotatable bonds is 4. The van der Waals surface area contributed by atoms with Crippen LogP contribution in [0, 0.1) is 5.82 Å². The Bertz CT molecular complexity index is 704. The molecular weight excluding hydrogens is 279 g/mol. The van der Waals surface area contributed by atoms with Gasteiger partial charge < -0.3 is 26.4 Å². The summed E-state index contributed by atoms with van der Waals surface area (Å²) in [6.45, 7) is -0.0290. The van der Waals surface area contributed by atoms with Gasteiger partial charge in [0.1, 0.15) is 5.82 Å². The minimum atomic E-state index is -0.692. The molecule has 2 rings (SSSR count). The van der Waals surface area contributed by atoms with E-state index in [1.807, 2.05) is 0 Å². The number of carbonyl (C=O) groups is 1. The fourth-order valence-electron chi connectivity index (χ4n) is 1.76. The second-order valence-corrected chi connectivity index (χ2v) is 4.35. The van der Waals surface area contributed by atoms with Crippen LogP contribution in [0.2, 0.25) is 0 Å². The zero-order chi connectivity index (χ0) is 15.6. The molecule has 0 radical (unpaired) electrons. The van der Waals surface area contributed by atoms with Crippen LogP contribution in [0.25, 0.3) is 0 Å². The van der Waals surface area contributed by atoms with Crippen molar-refractivity contribution < 1.29 is 24.5 Å². The first-order chi connectivity index (χ1) is 9.90. The molecule has 0 aliphatic rings. The molecule has 0 bridgehead atoms. The van der Waals surface area contributed by atoms with Crippen molar-refractivity contribution in [3.8, 4) is 17.2 Å². The van der Waals surface area contributed by atoms with Crippen LogP contribution in [0.1, 0.15) is 15.9 Å². The first-order valence-corrected chi connectivity index (χ1v) is 5.96.